The first-order valence-corrected chi connectivity index (χ1v) is 7.26. The van der Waals surface area contributed by atoms with Crippen LogP contribution >= 0.6 is 11.6 Å². The highest BCUT2D eigenvalue weighted by molar-refractivity contribution is 6.30. The fourth-order valence-electron chi connectivity index (χ4n) is 2.11. The number of hydrogen-bond donors (Lipinski definition) is 0. The number of benzene rings is 1. The van der Waals surface area contributed by atoms with Gasteiger partial charge in [0.2, 0.25) is 0 Å². The van der Waals surface area contributed by atoms with Crippen LogP contribution in [0.3, 0.4) is 0 Å². The molecule has 6 heteroatoms. The molecule has 0 N–H and O–H groups in total. The lowest BCUT2D eigenvalue weighted by Crippen LogP contribution is -2.10. The summed E-state index contributed by atoms with van der Waals surface area (Å²) in [4.78, 5) is 10.9. The minimum Gasteiger partial charge on any atom is -0.494 e. The van der Waals surface area contributed by atoms with Gasteiger partial charge in [0.1, 0.15) is 11.4 Å². The predicted molar refractivity (Wildman–Crippen MR) is 81.1 cm³/mol. The van der Waals surface area contributed by atoms with Gasteiger partial charge in [-0.25, -0.2) is 4.68 Å². The Kier molecular flexibility index (Phi) is 5.33. The highest BCUT2D eigenvalue weighted by Crippen LogP contribution is 2.17. The molecule has 21 heavy (non-hydrogen) atoms. The van der Waals surface area contributed by atoms with Gasteiger partial charge < -0.3 is 4.74 Å². The van der Waals surface area contributed by atoms with Gasteiger partial charge in [-0.15, -0.1) is 5.10 Å². The Morgan fingerprint density at radius 2 is 2.05 bits per heavy atom. The molecule has 0 unspecified atom stereocenters. The molecule has 2 rings (SSSR count). The molecule has 0 saturated carbocycles. The standard InChI is InChI=1S/C15H18ClN3O2/c1-11(2)15-14(10-20)17-18-19(15)8-3-9-21-13-6-4-12(16)5-7-13/h4-7,10-11H,3,8-9H2,1-2H3. The van der Waals surface area contributed by atoms with E-state index in [0.717, 1.165) is 24.2 Å². The number of carbonyl (C=O) groups is 1. The van der Waals surface area contributed by atoms with Gasteiger partial charge in [-0.3, -0.25) is 4.79 Å². The largest absolute Gasteiger partial charge is 0.494 e. The monoisotopic (exact) mass is 307 g/mol. The summed E-state index contributed by atoms with van der Waals surface area (Å²) in [6.45, 7) is 5.27. The number of aldehydes is 1. The van der Waals surface area contributed by atoms with E-state index in [9.17, 15) is 4.79 Å². The minimum absolute atomic E-state index is 0.206. The van der Waals surface area contributed by atoms with Crippen LogP contribution in [0, 0.1) is 0 Å². The summed E-state index contributed by atoms with van der Waals surface area (Å²) in [5.41, 5.74) is 1.29. The summed E-state index contributed by atoms with van der Waals surface area (Å²) in [6, 6.07) is 7.26. The van der Waals surface area contributed by atoms with Crippen molar-refractivity contribution in [3.8, 4) is 5.75 Å². The first-order valence-electron chi connectivity index (χ1n) is 6.88. The van der Waals surface area contributed by atoms with Crippen molar-refractivity contribution in [3.63, 3.8) is 0 Å². The zero-order valence-electron chi connectivity index (χ0n) is 12.1. The summed E-state index contributed by atoms with van der Waals surface area (Å²) in [5, 5.41) is 8.61. The first-order chi connectivity index (χ1) is 10.1. The highest BCUT2D eigenvalue weighted by Gasteiger charge is 2.15. The SMILES string of the molecule is CC(C)c1c(C=O)nnn1CCCOc1ccc(Cl)cc1. The molecule has 0 aliphatic heterocycles. The Morgan fingerprint density at radius 1 is 1.33 bits per heavy atom. The van der Waals surface area contributed by atoms with Crippen molar-refractivity contribution in [3.05, 3.63) is 40.7 Å². The van der Waals surface area contributed by atoms with Gasteiger partial charge in [0.15, 0.2) is 6.29 Å². The molecule has 1 aromatic carbocycles. The number of hydrogen-bond acceptors (Lipinski definition) is 4. The number of aryl methyl sites for hydroxylation is 1. The molecule has 0 aliphatic rings. The van der Waals surface area contributed by atoms with Gasteiger partial charge in [0.25, 0.3) is 0 Å². The molecule has 0 radical (unpaired) electrons. The maximum atomic E-state index is 10.9. The third-order valence-corrected chi connectivity index (χ3v) is 3.31. The molecule has 0 aliphatic carbocycles. The Bertz CT molecular complexity index is 593. The molecule has 0 saturated heterocycles. The Balaban J connectivity index is 1.87. The average molecular weight is 308 g/mol. The number of halogens is 1. The maximum absolute atomic E-state index is 10.9. The fraction of sp³-hybridized carbons (Fsp3) is 0.400. The molecular formula is C15H18ClN3O2. The lowest BCUT2D eigenvalue weighted by atomic mass is 10.1. The molecule has 0 amide bonds. The van der Waals surface area contributed by atoms with Crippen LogP contribution in [0.2, 0.25) is 5.02 Å². The first kappa shape index (κ1) is 15.5. The van der Waals surface area contributed by atoms with E-state index in [2.05, 4.69) is 10.3 Å². The summed E-state index contributed by atoms with van der Waals surface area (Å²) in [5.74, 6) is 0.994. The minimum atomic E-state index is 0.206. The van der Waals surface area contributed by atoms with Gasteiger partial charge in [-0.1, -0.05) is 30.7 Å². The Hall–Kier alpha value is -1.88. The maximum Gasteiger partial charge on any atom is 0.172 e. The van der Waals surface area contributed by atoms with Crippen molar-refractivity contribution in [2.45, 2.75) is 32.7 Å². The molecule has 1 aromatic heterocycles. The summed E-state index contributed by atoms with van der Waals surface area (Å²) in [7, 11) is 0. The highest BCUT2D eigenvalue weighted by atomic mass is 35.5. The molecule has 0 spiro atoms. The number of aromatic nitrogens is 3. The lowest BCUT2D eigenvalue weighted by Gasteiger charge is -2.10. The molecule has 112 valence electrons. The van der Waals surface area contributed by atoms with Crippen LogP contribution in [0.1, 0.15) is 42.4 Å². The van der Waals surface area contributed by atoms with E-state index in [1.165, 1.54) is 0 Å². The van der Waals surface area contributed by atoms with E-state index in [-0.39, 0.29) is 5.92 Å². The van der Waals surface area contributed by atoms with Gasteiger partial charge >= 0.3 is 0 Å². The number of carbonyl (C=O) groups excluding carboxylic acids is 1. The molecule has 0 bridgehead atoms. The van der Waals surface area contributed by atoms with Crippen molar-refractivity contribution in [1.82, 2.24) is 15.0 Å². The van der Waals surface area contributed by atoms with Gasteiger partial charge in [0, 0.05) is 18.0 Å². The van der Waals surface area contributed by atoms with E-state index in [4.69, 9.17) is 16.3 Å². The van der Waals surface area contributed by atoms with Crippen LogP contribution in [0.15, 0.2) is 24.3 Å². The molecule has 2 aromatic rings. The lowest BCUT2D eigenvalue weighted by molar-refractivity contribution is 0.111. The predicted octanol–water partition coefficient (Wildman–Crippen LogP) is 3.34. The quantitative estimate of drug-likeness (QED) is 0.581. The van der Waals surface area contributed by atoms with E-state index < -0.39 is 0 Å². The second-order valence-electron chi connectivity index (χ2n) is 5.01. The van der Waals surface area contributed by atoms with Crippen molar-refractivity contribution in [1.29, 1.82) is 0 Å². The van der Waals surface area contributed by atoms with E-state index in [1.54, 1.807) is 16.8 Å². The Labute approximate surface area is 128 Å². The molecule has 5 nitrogen and oxygen atoms in total. The van der Waals surface area contributed by atoms with Crippen molar-refractivity contribution >= 4 is 17.9 Å². The normalized spacial score (nSPS) is 10.9. The van der Waals surface area contributed by atoms with Crippen LogP contribution in [0.4, 0.5) is 0 Å². The number of nitrogens with zero attached hydrogens (tertiary/aromatic N) is 3. The van der Waals surface area contributed by atoms with E-state index in [1.807, 2.05) is 26.0 Å². The third kappa shape index (κ3) is 4.04. The average Bonchev–Trinajstić information content (AvgIpc) is 2.88. The van der Waals surface area contributed by atoms with Crippen LogP contribution in [0.5, 0.6) is 5.75 Å². The second-order valence-corrected chi connectivity index (χ2v) is 5.45. The Morgan fingerprint density at radius 3 is 2.67 bits per heavy atom. The zero-order valence-corrected chi connectivity index (χ0v) is 12.9. The number of rotatable bonds is 7. The van der Waals surface area contributed by atoms with Crippen LogP contribution in [-0.4, -0.2) is 27.9 Å². The molecule has 1 heterocycles. The van der Waals surface area contributed by atoms with Gasteiger partial charge in [-0.2, -0.15) is 0 Å². The van der Waals surface area contributed by atoms with Crippen LogP contribution in [0.25, 0.3) is 0 Å². The molecular weight excluding hydrogens is 290 g/mol. The molecule has 0 atom stereocenters. The van der Waals surface area contributed by atoms with Crippen molar-refractivity contribution in [2.24, 2.45) is 0 Å². The second kappa shape index (κ2) is 7.22. The molecule has 0 fully saturated rings. The summed E-state index contributed by atoms with van der Waals surface area (Å²) < 4.78 is 7.40. The van der Waals surface area contributed by atoms with Crippen LogP contribution < -0.4 is 4.74 Å². The third-order valence-electron chi connectivity index (χ3n) is 3.06. The van der Waals surface area contributed by atoms with E-state index in [0.29, 0.717) is 23.9 Å². The zero-order chi connectivity index (χ0) is 15.2. The van der Waals surface area contributed by atoms with Crippen molar-refractivity contribution in [2.75, 3.05) is 6.61 Å². The van der Waals surface area contributed by atoms with Gasteiger partial charge in [0.05, 0.1) is 12.3 Å². The summed E-state index contributed by atoms with van der Waals surface area (Å²) >= 11 is 5.81. The smallest absolute Gasteiger partial charge is 0.172 e. The van der Waals surface area contributed by atoms with Crippen LogP contribution in [-0.2, 0) is 6.54 Å². The topological polar surface area (TPSA) is 57.0 Å². The summed E-state index contributed by atoms with van der Waals surface area (Å²) in [6.07, 6.45) is 1.53. The van der Waals surface area contributed by atoms with Crippen molar-refractivity contribution < 1.29 is 9.53 Å². The van der Waals surface area contributed by atoms with Gasteiger partial charge in [-0.05, 0) is 30.2 Å². The number of ether oxygens (including phenoxy) is 1. The van der Waals surface area contributed by atoms with E-state index >= 15 is 0 Å². The fourth-order valence-corrected chi connectivity index (χ4v) is 2.24.